The fourth-order valence-electron chi connectivity index (χ4n) is 2.52. The molecule has 2 rings (SSSR count). The van der Waals surface area contributed by atoms with Crippen molar-refractivity contribution >= 4 is 21.4 Å². The van der Waals surface area contributed by atoms with Gasteiger partial charge < -0.3 is 10.2 Å². The highest BCUT2D eigenvalue weighted by Gasteiger charge is 2.26. The molecule has 1 aliphatic rings. The third-order valence-corrected chi connectivity index (χ3v) is 5.54. The Labute approximate surface area is 126 Å². The molecule has 6 heteroatoms. The zero-order valence-electron chi connectivity index (χ0n) is 12.7. The molecular weight excluding hydrogens is 288 g/mol. The standard InChI is InChI=1S/C15H22N2O3S/c1-11(10-16-15(18)12(2)21(3,19)20)17-9-8-13-6-4-5-7-14(13)17/h4-7,11-12H,8-10H2,1-3H3,(H,16,18)/t11-,12+/m1/s1. The molecule has 0 fully saturated rings. The van der Waals surface area contributed by atoms with Gasteiger partial charge in [0.1, 0.15) is 5.25 Å². The smallest absolute Gasteiger partial charge is 0.238 e. The van der Waals surface area contributed by atoms with Gasteiger partial charge in [-0.05, 0) is 31.9 Å². The second-order valence-corrected chi connectivity index (χ2v) is 8.00. The van der Waals surface area contributed by atoms with Crippen LogP contribution < -0.4 is 10.2 Å². The number of sulfone groups is 1. The van der Waals surface area contributed by atoms with Gasteiger partial charge in [-0.15, -0.1) is 0 Å². The Balaban J connectivity index is 1.95. The minimum absolute atomic E-state index is 0.129. The van der Waals surface area contributed by atoms with Crippen LogP contribution in [-0.4, -0.2) is 45.0 Å². The summed E-state index contributed by atoms with van der Waals surface area (Å²) in [5, 5.41) is 1.73. The molecule has 0 saturated heterocycles. The average molecular weight is 310 g/mol. The molecule has 1 amide bonds. The number of hydrogen-bond acceptors (Lipinski definition) is 4. The van der Waals surface area contributed by atoms with Crippen LogP contribution in [-0.2, 0) is 21.1 Å². The van der Waals surface area contributed by atoms with E-state index in [1.807, 2.05) is 19.1 Å². The lowest BCUT2D eigenvalue weighted by Crippen LogP contribution is -2.45. The highest BCUT2D eigenvalue weighted by molar-refractivity contribution is 7.92. The van der Waals surface area contributed by atoms with Crippen molar-refractivity contribution in [2.45, 2.75) is 31.6 Å². The molecule has 1 aromatic rings. The van der Waals surface area contributed by atoms with Gasteiger partial charge in [0, 0.05) is 31.1 Å². The molecule has 2 atom stereocenters. The lowest BCUT2D eigenvalue weighted by molar-refractivity contribution is -0.120. The fourth-order valence-corrected chi connectivity index (χ4v) is 2.99. The average Bonchev–Trinajstić information content (AvgIpc) is 2.86. The summed E-state index contributed by atoms with van der Waals surface area (Å²) in [7, 11) is -3.34. The summed E-state index contributed by atoms with van der Waals surface area (Å²) in [6.07, 6.45) is 2.09. The number of nitrogens with one attached hydrogen (secondary N) is 1. The van der Waals surface area contributed by atoms with Gasteiger partial charge >= 0.3 is 0 Å². The van der Waals surface area contributed by atoms with E-state index in [4.69, 9.17) is 0 Å². The second-order valence-electron chi connectivity index (χ2n) is 5.64. The Morgan fingerprint density at radius 2 is 2.00 bits per heavy atom. The van der Waals surface area contributed by atoms with E-state index >= 15 is 0 Å². The van der Waals surface area contributed by atoms with Crippen molar-refractivity contribution in [1.82, 2.24) is 5.32 Å². The van der Waals surface area contributed by atoms with Crippen LogP contribution in [0.5, 0.6) is 0 Å². The van der Waals surface area contributed by atoms with Crippen LogP contribution >= 0.6 is 0 Å². The summed E-state index contributed by atoms with van der Waals surface area (Å²) >= 11 is 0. The fraction of sp³-hybridized carbons (Fsp3) is 0.533. The molecule has 0 saturated carbocycles. The van der Waals surface area contributed by atoms with Gasteiger partial charge in [-0.3, -0.25) is 4.79 Å². The second kappa shape index (κ2) is 6.05. The molecule has 21 heavy (non-hydrogen) atoms. The van der Waals surface area contributed by atoms with Crippen LogP contribution in [0.1, 0.15) is 19.4 Å². The summed E-state index contributed by atoms with van der Waals surface area (Å²) in [4.78, 5) is 14.1. The highest BCUT2D eigenvalue weighted by Crippen LogP contribution is 2.28. The third kappa shape index (κ3) is 3.56. The summed E-state index contributed by atoms with van der Waals surface area (Å²) in [5.74, 6) is -0.433. The van der Waals surface area contributed by atoms with Crippen LogP contribution in [0.3, 0.4) is 0 Å². The molecule has 0 radical (unpaired) electrons. The Bertz CT molecular complexity index is 628. The first-order chi connectivity index (χ1) is 9.80. The predicted octanol–water partition coefficient (Wildman–Crippen LogP) is 0.987. The van der Waals surface area contributed by atoms with Crippen LogP contribution in [0.15, 0.2) is 24.3 Å². The van der Waals surface area contributed by atoms with E-state index in [-0.39, 0.29) is 6.04 Å². The lowest BCUT2D eigenvalue weighted by atomic mass is 10.2. The first-order valence-electron chi connectivity index (χ1n) is 7.12. The van der Waals surface area contributed by atoms with Crippen LogP contribution in [0, 0.1) is 0 Å². The van der Waals surface area contributed by atoms with Gasteiger partial charge in [0.25, 0.3) is 0 Å². The molecule has 1 heterocycles. The number of nitrogens with zero attached hydrogens (tertiary/aromatic N) is 1. The van der Waals surface area contributed by atoms with E-state index < -0.39 is 21.0 Å². The number of hydrogen-bond donors (Lipinski definition) is 1. The number of amides is 1. The van der Waals surface area contributed by atoms with E-state index in [9.17, 15) is 13.2 Å². The normalized spacial score (nSPS) is 17.2. The Hall–Kier alpha value is -1.56. The number of carbonyl (C=O) groups excluding carboxylic acids is 1. The van der Waals surface area contributed by atoms with Crippen LogP contribution in [0.4, 0.5) is 5.69 Å². The number of para-hydroxylation sites is 1. The SMILES string of the molecule is C[C@H](CNC(=O)[C@H](C)S(C)(=O)=O)N1CCc2ccccc21. The lowest BCUT2D eigenvalue weighted by Gasteiger charge is -2.27. The number of rotatable bonds is 5. The molecule has 0 aromatic heterocycles. The van der Waals surface area contributed by atoms with Crippen LogP contribution in [0.25, 0.3) is 0 Å². The zero-order chi connectivity index (χ0) is 15.6. The van der Waals surface area contributed by atoms with Crippen molar-refractivity contribution in [2.75, 3.05) is 24.2 Å². The zero-order valence-corrected chi connectivity index (χ0v) is 13.5. The van der Waals surface area contributed by atoms with Crippen LogP contribution in [0.2, 0.25) is 0 Å². The van der Waals surface area contributed by atoms with Crippen molar-refractivity contribution in [1.29, 1.82) is 0 Å². The molecule has 0 spiro atoms. The molecule has 0 unspecified atom stereocenters. The van der Waals surface area contributed by atoms with Gasteiger partial charge in [-0.1, -0.05) is 18.2 Å². The molecule has 1 aliphatic heterocycles. The summed E-state index contributed by atoms with van der Waals surface area (Å²) < 4.78 is 22.7. The molecule has 1 N–H and O–H groups in total. The minimum Gasteiger partial charge on any atom is -0.366 e. The largest absolute Gasteiger partial charge is 0.366 e. The number of benzene rings is 1. The topological polar surface area (TPSA) is 66.5 Å². The maximum absolute atomic E-state index is 11.8. The first-order valence-corrected chi connectivity index (χ1v) is 9.07. The Morgan fingerprint density at radius 3 is 2.67 bits per heavy atom. The van der Waals surface area contributed by atoms with E-state index in [0.717, 1.165) is 19.2 Å². The van der Waals surface area contributed by atoms with Crippen molar-refractivity contribution in [3.8, 4) is 0 Å². The van der Waals surface area contributed by atoms with Crippen molar-refractivity contribution < 1.29 is 13.2 Å². The summed E-state index contributed by atoms with van der Waals surface area (Å²) in [5.41, 5.74) is 2.52. The summed E-state index contributed by atoms with van der Waals surface area (Å²) in [6, 6.07) is 8.37. The monoisotopic (exact) mass is 310 g/mol. The van der Waals surface area contributed by atoms with Crippen molar-refractivity contribution in [3.63, 3.8) is 0 Å². The maximum Gasteiger partial charge on any atom is 0.238 e. The van der Waals surface area contributed by atoms with Gasteiger partial charge in [-0.25, -0.2) is 8.42 Å². The van der Waals surface area contributed by atoms with Crippen molar-refractivity contribution in [3.05, 3.63) is 29.8 Å². The Kier molecular flexibility index (Phi) is 4.56. The molecule has 116 valence electrons. The van der Waals surface area contributed by atoms with Gasteiger partial charge in [0.05, 0.1) is 0 Å². The molecular formula is C15H22N2O3S. The highest BCUT2D eigenvalue weighted by atomic mass is 32.2. The summed E-state index contributed by atoms with van der Waals surface area (Å²) in [6.45, 7) is 4.82. The molecule has 1 aromatic carbocycles. The Morgan fingerprint density at radius 1 is 1.33 bits per heavy atom. The van der Waals surface area contributed by atoms with E-state index in [0.29, 0.717) is 6.54 Å². The molecule has 5 nitrogen and oxygen atoms in total. The van der Waals surface area contributed by atoms with Gasteiger partial charge in [0.2, 0.25) is 5.91 Å². The minimum atomic E-state index is -3.34. The third-order valence-electron chi connectivity index (χ3n) is 4.04. The first kappa shape index (κ1) is 15.8. The van der Waals surface area contributed by atoms with E-state index in [2.05, 4.69) is 22.3 Å². The van der Waals surface area contributed by atoms with Crippen molar-refractivity contribution in [2.24, 2.45) is 0 Å². The van der Waals surface area contributed by atoms with Gasteiger partial charge in [0.15, 0.2) is 9.84 Å². The maximum atomic E-state index is 11.8. The predicted molar refractivity (Wildman–Crippen MR) is 84.3 cm³/mol. The number of anilines is 1. The van der Waals surface area contributed by atoms with E-state index in [1.165, 1.54) is 18.2 Å². The number of carbonyl (C=O) groups is 1. The van der Waals surface area contributed by atoms with E-state index in [1.54, 1.807) is 0 Å². The number of fused-ring (bicyclic) bond motifs is 1. The molecule has 0 aliphatic carbocycles. The molecule has 0 bridgehead atoms. The van der Waals surface area contributed by atoms with Gasteiger partial charge in [-0.2, -0.15) is 0 Å². The quantitative estimate of drug-likeness (QED) is 0.880.